The average Bonchev–Trinajstić information content (AvgIpc) is 2.80. The van der Waals surface area contributed by atoms with Crippen LogP contribution in [0.1, 0.15) is 43.4 Å². The van der Waals surface area contributed by atoms with E-state index < -0.39 is 12.0 Å². The second-order valence-electron chi connectivity index (χ2n) is 5.86. The molecule has 104 valence electrons. The highest BCUT2D eigenvalue weighted by atomic mass is 16.4. The van der Waals surface area contributed by atoms with Crippen LogP contribution >= 0.6 is 0 Å². The number of hydrogen-bond acceptors (Lipinski definition) is 2. The molecule has 0 aromatic heterocycles. The molecule has 1 aliphatic rings. The Morgan fingerprint density at radius 2 is 2.05 bits per heavy atom. The van der Waals surface area contributed by atoms with Crippen molar-refractivity contribution in [2.45, 2.75) is 52.1 Å². The molecule has 1 aromatic rings. The summed E-state index contributed by atoms with van der Waals surface area (Å²) in [5.41, 5.74) is 4.09. The van der Waals surface area contributed by atoms with Crippen LogP contribution in [0, 0.1) is 5.92 Å². The largest absolute Gasteiger partial charge is 0.480 e. The first-order valence-electron chi connectivity index (χ1n) is 7.13. The van der Waals surface area contributed by atoms with Crippen LogP contribution in [0.5, 0.6) is 0 Å². The maximum Gasteiger partial charge on any atom is 0.320 e. The minimum Gasteiger partial charge on any atom is -0.480 e. The molecule has 0 heterocycles. The Labute approximate surface area is 115 Å². The third-order valence-corrected chi connectivity index (χ3v) is 3.72. The third-order valence-electron chi connectivity index (χ3n) is 3.72. The number of carboxylic acids is 1. The monoisotopic (exact) mass is 261 g/mol. The lowest BCUT2D eigenvalue weighted by Gasteiger charge is -2.16. The Morgan fingerprint density at radius 1 is 1.32 bits per heavy atom. The lowest BCUT2D eigenvalue weighted by molar-refractivity contribution is -0.140. The van der Waals surface area contributed by atoms with Crippen LogP contribution in [0.25, 0.3) is 0 Å². The molecule has 1 unspecified atom stereocenters. The van der Waals surface area contributed by atoms with Gasteiger partial charge in [-0.3, -0.25) is 4.79 Å². The zero-order chi connectivity index (χ0) is 13.8. The summed E-state index contributed by atoms with van der Waals surface area (Å²) in [4.78, 5) is 11.2. The second-order valence-corrected chi connectivity index (χ2v) is 5.86. The van der Waals surface area contributed by atoms with Crippen molar-refractivity contribution < 1.29 is 9.90 Å². The van der Waals surface area contributed by atoms with Gasteiger partial charge in [-0.25, -0.2) is 0 Å². The summed E-state index contributed by atoms with van der Waals surface area (Å²) in [6, 6.07) is 6.08. The molecule has 2 rings (SSSR count). The van der Waals surface area contributed by atoms with E-state index in [0.717, 1.165) is 6.42 Å². The van der Waals surface area contributed by atoms with Crippen molar-refractivity contribution in [2.75, 3.05) is 0 Å². The first-order chi connectivity index (χ1) is 9.06. The van der Waals surface area contributed by atoms with E-state index in [1.807, 2.05) is 13.8 Å². The van der Waals surface area contributed by atoms with Crippen molar-refractivity contribution in [2.24, 2.45) is 5.92 Å². The zero-order valence-electron chi connectivity index (χ0n) is 11.8. The molecule has 19 heavy (non-hydrogen) atoms. The van der Waals surface area contributed by atoms with E-state index in [-0.39, 0.29) is 0 Å². The van der Waals surface area contributed by atoms with E-state index in [2.05, 4.69) is 23.5 Å². The zero-order valence-corrected chi connectivity index (χ0v) is 11.8. The number of aryl methyl sites for hydroxylation is 2. The standard InChI is InChI=1S/C16H23NO2/c1-11(2)8-15(16(18)19)17-10-12-6-7-13-4-3-5-14(13)9-12/h6-7,9,11,15,17H,3-5,8,10H2,1-2H3,(H,18,19). The van der Waals surface area contributed by atoms with Gasteiger partial charge in [-0.1, -0.05) is 32.0 Å². The van der Waals surface area contributed by atoms with Crippen LogP contribution in [-0.2, 0) is 24.2 Å². The molecule has 1 atom stereocenters. The summed E-state index contributed by atoms with van der Waals surface area (Å²) in [7, 11) is 0. The van der Waals surface area contributed by atoms with E-state index in [0.29, 0.717) is 18.9 Å². The number of fused-ring (bicyclic) bond motifs is 1. The molecular weight excluding hydrogens is 238 g/mol. The molecule has 0 aliphatic heterocycles. The minimum absolute atomic E-state index is 0.383. The molecule has 2 N–H and O–H groups in total. The van der Waals surface area contributed by atoms with Gasteiger partial charge >= 0.3 is 5.97 Å². The summed E-state index contributed by atoms with van der Waals surface area (Å²) in [6.07, 6.45) is 4.27. The number of nitrogens with one attached hydrogen (secondary N) is 1. The van der Waals surface area contributed by atoms with Gasteiger partial charge < -0.3 is 10.4 Å². The fourth-order valence-electron chi connectivity index (χ4n) is 2.72. The van der Waals surface area contributed by atoms with E-state index in [9.17, 15) is 9.90 Å². The van der Waals surface area contributed by atoms with Gasteiger partial charge in [0.25, 0.3) is 0 Å². The predicted octanol–water partition coefficient (Wildman–Crippen LogP) is 2.76. The van der Waals surface area contributed by atoms with Crippen molar-refractivity contribution in [3.05, 3.63) is 34.9 Å². The van der Waals surface area contributed by atoms with Crippen LogP contribution < -0.4 is 5.32 Å². The Kier molecular flexibility index (Phi) is 4.59. The van der Waals surface area contributed by atoms with Crippen molar-refractivity contribution in [3.8, 4) is 0 Å². The quantitative estimate of drug-likeness (QED) is 0.828. The normalized spacial score (nSPS) is 15.5. The minimum atomic E-state index is -0.755. The smallest absolute Gasteiger partial charge is 0.320 e. The summed E-state index contributed by atoms with van der Waals surface area (Å²) < 4.78 is 0. The molecule has 0 amide bonds. The van der Waals surface area contributed by atoms with Gasteiger partial charge in [-0.15, -0.1) is 0 Å². The van der Waals surface area contributed by atoms with E-state index in [1.165, 1.54) is 29.5 Å². The molecule has 1 aromatic carbocycles. The van der Waals surface area contributed by atoms with Crippen LogP contribution in [0.2, 0.25) is 0 Å². The molecule has 3 nitrogen and oxygen atoms in total. The van der Waals surface area contributed by atoms with Gasteiger partial charge in [-0.2, -0.15) is 0 Å². The van der Waals surface area contributed by atoms with Gasteiger partial charge in [0.15, 0.2) is 0 Å². The summed E-state index contributed by atoms with van der Waals surface area (Å²) in [5, 5.41) is 12.4. The van der Waals surface area contributed by atoms with Crippen LogP contribution in [0.3, 0.4) is 0 Å². The molecule has 1 aliphatic carbocycles. The first-order valence-corrected chi connectivity index (χ1v) is 7.13. The summed E-state index contributed by atoms with van der Waals surface area (Å²) >= 11 is 0. The maximum atomic E-state index is 11.2. The molecule has 3 heteroatoms. The summed E-state index contributed by atoms with van der Waals surface area (Å²) in [6.45, 7) is 4.73. The second kappa shape index (κ2) is 6.20. The van der Waals surface area contributed by atoms with Crippen molar-refractivity contribution in [1.29, 1.82) is 0 Å². The lowest BCUT2D eigenvalue weighted by Crippen LogP contribution is -2.37. The van der Waals surface area contributed by atoms with Crippen LogP contribution in [-0.4, -0.2) is 17.1 Å². The first kappa shape index (κ1) is 14.1. The Hall–Kier alpha value is -1.35. The van der Waals surface area contributed by atoms with Gasteiger partial charge in [0.1, 0.15) is 6.04 Å². The molecule has 0 radical (unpaired) electrons. The molecule has 0 fully saturated rings. The van der Waals surface area contributed by atoms with Crippen molar-refractivity contribution >= 4 is 5.97 Å². The topological polar surface area (TPSA) is 49.3 Å². The van der Waals surface area contributed by atoms with Crippen molar-refractivity contribution in [1.82, 2.24) is 5.32 Å². The summed E-state index contributed by atoms with van der Waals surface area (Å²) in [5.74, 6) is -0.372. The highest BCUT2D eigenvalue weighted by Gasteiger charge is 2.18. The van der Waals surface area contributed by atoms with Gasteiger partial charge in [0.2, 0.25) is 0 Å². The van der Waals surface area contributed by atoms with E-state index in [4.69, 9.17) is 0 Å². The Bertz CT molecular complexity index is 454. The van der Waals surface area contributed by atoms with Crippen LogP contribution in [0.4, 0.5) is 0 Å². The number of hydrogen-bond donors (Lipinski definition) is 2. The van der Waals surface area contributed by atoms with Gasteiger partial charge in [0, 0.05) is 6.54 Å². The maximum absolute atomic E-state index is 11.2. The fourth-order valence-corrected chi connectivity index (χ4v) is 2.72. The van der Waals surface area contributed by atoms with Crippen molar-refractivity contribution in [3.63, 3.8) is 0 Å². The number of carboxylic acid groups (broad SMARTS) is 1. The molecule has 0 spiro atoms. The van der Waals surface area contributed by atoms with Gasteiger partial charge in [-0.05, 0) is 48.3 Å². The molecule has 0 bridgehead atoms. The number of aliphatic carboxylic acids is 1. The molecular formula is C16H23NO2. The third kappa shape index (κ3) is 3.80. The predicted molar refractivity (Wildman–Crippen MR) is 76.2 cm³/mol. The van der Waals surface area contributed by atoms with E-state index in [1.54, 1.807) is 0 Å². The molecule has 0 saturated carbocycles. The number of carbonyl (C=O) groups is 1. The van der Waals surface area contributed by atoms with Crippen LogP contribution in [0.15, 0.2) is 18.2 Å². The lowest BCUT2D eigenvalue weighted by atomic mass is 10.0. The highest BCUT2D eigenvalue weighted by Crippen LogP contribution is 2.22. The van der Waals surface area contributed by atoms with Gasteiger partial charge in [0.05, 0.1) is 0 Å². The Balaban J connectivity index is 1.95. The number of rotatable bonds is 6. The number of benzene rings is 1. The Morgan fingerprint density at radius 3 is 2.74 bits per heavy atom. The molecule has 0 saturated heterocycles. The van der Waals surface area contributed by atoms with E-state index >= 15 is 0 Å². The SMILES string of the molecule is CC(C)CC(NCc1ccc2c(c1)CCC2)C(=O)O. The highest BCUT2D eigenvalue weighted by molar-refractivity contribution is 5.73. The fraction of sp³-hybridized carbons (Fsp3) is 0.562. The average molecular weight is 261 g/mol.